The average Bonchev–Trinajstić information content (AvgIpc) is 2.06. The van der Waals surface area contributed by atoms with Crippen LogP contribution < -0.4 is 0 Å². The smallest absolute Gasteiger partial charge is 0.130 e. The largest absolute Gasteiger partial charge is 0.300 e. The molecule has 1 heteroatoms. The van der Waals surface area contributed by atoms with Crippen LogP contribution in [0.2, 0.25) is 0 Å². The summed E-state index contributed by atoms with van der Waals surface area (Å²) in [5.74, 6) is -0.0705. The topological polar surface area (TPSA) is 17.1 Å². The van der Waals surface area contributed by atoms with Crippen LogP contribution in [0.25, 0.3) is 0 Å². The van der Waals surface area contributed by atoms with E-state index in [0.717, 1.165) is 5.56 Å². The van der Waals surface area contributed by atoms with E-state index >= 15 is 0 Å². The van der Waals surface area contributed by atoms with Crippen molar-refractivity contribution >= 4 is 5.78 Å². The quantitative estimate of drug-likeness (QED) is 0.644. The molecule has 0 unspecified atom stereocenters. The summed E-state index contributed by atoms with van der Waals surface area (Å²) in [6.45, 7) is 1.46. The lowest BCUT2D eigenvalue weighted by molar-refractivity contribution is -0.116. The highest BCUT2D eigenvalue weighted by atomic mass is 16.1. The second-order valence-corrected chi connectivity index (χ2v) is 2.50. The van der Waals surface area contributed by atoms with Gasteiger partial charge in [0.15, 0.2) is 0 Å². The zero-order valence-corrected chi connectivity index (χ0v) is 6.58. The van der Waals surface area contributed by atoms with E-state index in [0.29, 0.717) is 6.42 Å². The van der Waals surface area contributed by atoms with Crippen molar-refractivity contribution < 1.29 is 6.17 Å². The SMILES string of the molecule is [2H][C@H](Cc1ccccc1)C(C)=O. The highest BCUT2D eigenvalue weighted by Gasteiger charge is 1.94. The summed E-state index contributed by atoms with van der Waals surface area (Å²) >= 11 is 0. The van der Waals surface area contributed by atoms with Crippen LogP contribution in [0.15, 0.2) is 30.3 Å². The molecule has 0 saturated heterocycles. The van der Waals surface area contributed by atoms with Gasteiger partial charge in [-0.05, 0) is 18.9 Å². The molecule has 0 N–H and O–H groups in total. The van der Waals surface area contributed by atoms with E-state index in [1.165, 1.54) is 6.92 Å². The zero-order chi connectivity index (χ0) is 8.97. The lowest BCUT2D eigenvalue weighted by Gasteiger charge is -1.96. The van der Waals surface area contributed by atoms with Gasteiger partial charge in [0, 0.05) is 7.77 Å². The standard InChI is InChI=1S/C10H12O/c1-9(11)7-8-10-5-3-2-4-6-10/h2-6H,7-8H2,1H3/i7D/t7-/m1/s1. The molecule has 0 aliphatic heterocycles. The first kappa shape index (κ1) is 6.59. The van der Waals surface area contributed by atoms with E-state index in [9.17, 15) is 4.79 Å². The highest BCUT2D eigenvalue weighted by molar-refractivity contribution is 5.75. The number of ketones is 1. The first-order chi connectivity index (χ1) is 5.70. The fraction of sp³-hybridized carbons (Fsp3) is 0.300. The summed E-state index contributed by atoms with van der Waals surface area (Å²) < 4.78 is 7.41. The number of Topliss-reactive ketones (excluding diaryl/α,β-unsaturated/α-hetero) is 1. The maximum atomic E-state index is 10.8. The molecule has 0 amide bonds. The number of aryl methyl sites for hydroxylation is 1. The van der Waals surface area contributed by atoms with Gasteiger partial charge in [-0.25, -0.2) is 0 Å². The average molecular weight is 149 g/mol. The molecule has 11 heavy (non-hydrogen) atoms. The summed E-state index contributed by atoms with van der Waals surface area (Å²) in [5.41, 5.74) is 1.05. The van der Waals surface area contributed by atoms with Gasteiger partial charge >= 0.3 is 0 Å². The minimum atomic E-state index is -0.604. The predicted molar refractivity (Wildman–Crippen MR) is 45.4 cm³/mol. The Balaban J connectivity index is 2.58. The Morgan fingerprint density at radius 2 is 2.09 bits per heavy atom. The first-order valence-corrected chi connectivity index (χ1v) is 3.67. The second-order valence-electron chi connectivity index (χ2n) is 2.50. The van der Waals surface area contributed by atoms with Gasteiger partial charge < -0.3 is 4.79 Å². The van der Waals surface area contributed by atoms with Crippen LogP contribution in [-0.4, -0.2) is 5.78 Å². The maximum Gasteiger partial charge on any atom is 0.130 e. The number of benzene rings is 1. The molecular formula is C10H12O. The van der Waals surface area contributed by atoms with E-state index < -0.39 is 6.40 Å². The normalized spacial score (nSPS) is 13.7. The predicted octanol–water partition coefficient (Wildman–Crippen LogP) is 2.21. The summed E-state index contributed by atoms with van der Waals surface area (Å²) in [6, 6.07) is 9.63. The first-order valence-electron chi connectivity index (χ1n) is 4.24. The van der Waals surface area contributed by atoms with E-state index in [1.807, 2.05) is 30.3 Å². The van der Waals surface area contributed by atoms with Crippen LogP contribution in [0.4, 0.5) is 0 Å². The van der Waals surface area contributed by atoms with Crippen molar-refractivity contribution in [2.45, 2.75) is 19.7 Å². The number of rotatable bonds is 3. The fourth-order valence-electron chi connectivity index (χ4n) is 0.876. The Hall–Kier alpha value is -1.11. The molecule has 1 rings (SSSR count). The number of carbonyl (C=O) groups is 1. The van der Waals surface area contributed by atoms with E-state index in [-0.39, 0.29) is 5.78 Å². The van der Waals surface area contributed by atoms with E-state index in [1.54, 1.807) is 0 Å². The van der Waals surface area contributed by atoms with Crippen molar-refractivity contribution in [2.24, 2.45) is 0 Å². The summed E-state index contributed by atoms with van der Waals surface area (Å²) in [5, 5.41) is 0. The Labute approximate surface area is 68.5 Å². The van der Waals surface area contributed by atoms with Gasteiger partial charge in [-0.3, -0.25) is 0 Å². The number of hydrogen-bond donors (Lipinski definition) is 0. The molecule has 0 spiro atoms. The fourth-order valence-corrected chi connectivity index (χ4v) is 0.876. The number of hydrogen-bond acceptors (Lipinski definition) is 1. The minimum absolute atomic E-state index is 0.0705. The van der Waals surface area contributed by atoms with Crippen molar-refractivity contribution in [2.75, 3.05) is 0 Å². The van der Waals surface area contributed by atoms with E-state index in [2.05, 4.69) is 0 Å². The molecule has 0 fully saturated rings. The summed E-state index contributed by atoms with van der Waals surface area (Å²) in [6.07, 6.45) is -0.0803. The van der Waals surface area contributed by atoms with Gasteiger partial charge in [-0.15, -0.1) is 0 Å². The third-order valence-corrected chi connectivity index (χ3v) is 1.47. The number of carbonyl (C=O) groups excluding carboxylic acids is 1. The van der Waals surface area contributed by atoms with Gasteiger partial charge in [-0.2, -0.15) is 0 Å². The maximum absolute atomic E-state index is 10.8. The van der Waals surface area contributed by atoms with Crippen LogP contribution in [0.3, 0.4) is 0 Å². The molecule has 0 aliphatic rings. The zero-order valence-electron chi connectivity index (χ0n) is 7.58. The van der Waals surface area contributed by atoms with Crippen molar-refractivity contribution in [1.82, 2.24) is 0 Å². The van der Waals surface area contributed by atoms with E-state index in [4.69, 9.17) is 1.37 Å². The van der Waals surface area contributed by atoms with Crippen molar-refractivity contribution in [3.63, 3.8) is 0 Å². The van der Waals surface area contributed by atoms with Gasteiger partial charge in [0.2, 0.25) is 0 Å². The molecule has 0 heterocycles. The Morgan fingerprint density at radius 1 is 1.45 bits per heavy atom. The van der Waals surface area contributed by atoms with Crippen molar-refractivity contribution in [3.8, 4) is 0 Å². The van der Waals surface area contributed by atoms with Crippen LogP contribution in [0.1, 0.15) is 20.3 Å². The lowest BCUT2D eigenvalue weighted by Crippen LogP contribution is -1.92. The molecule has 1 atom stereocenters. The molecule has 1 aromatic rings. The Bertz CT molecular complexity index is 256. The summed E-state index contributed by atoms with van der Waals surface area (Å²) in [7, 11) is 0. The molecule has 0 aliphatic carbocycles. The second kappa shape index (κ2) is 3.91. The Kier molecular flexibility index (Phi) is 2.35. The molecule has 0 aromatic heterocycles. The Morgan fingerprint density at radius 3 is 2.64 bits per heavy atom. The molecular weight excluding hydrogens is 136 g/mol. The molecule has 0 saturated carbocycles. The highest BCUT2D eigenvalue weighted by Crippen LogP contribution is 2.01. The van der Waals surface area contributed by atoms with Gasteiger partial charge in [-0.1, -0.05) is 30.3 Å². The van der Waals surface area contributed by atoms with Crippen LogP contribution in [0, 0.1) is 0 Å². The molecule has 1 aromatic carbocycles. The molecule has 0 bridgehead atoms. The monoisotopic (exact) mass is 149 g/mol. The van der Waals surface area contributed by atoms with Crippen molar-refractivity contribution in [1.29, 1.82) is 0 Å². The van der Waals surface area contributed by atoms with Gasteiger partial charge in [0.25, 0.3) is 0 Å². The minimum Gasteiger partial charge on any atom is -0.300 e. The third kappa shape index (κ3) is 2.99. The van der Waals surface area contributed by atoms with Crippen LogP contribution in [-0.2, 0) is 11.2 Å². The van der Waals surface area contributed by atoms with Crippen molar-refractivity contribution in [3.05, 3.63) is 35.9 Å². The third-order valence-electron chi connectivity index (χ3n) is 1.47. The van der Waals surface area contributed by atoms with Gasteiger partial charge in [0.05, 0.1) is 0 Å². The molecule has 1 nitrogen and oxygen atoms in total. The van der Waals surface area contributed by atoms with Crippen LogP contribution in [0.5, 0.6) is 0 Å². The van der Waals surface area contributed by atoms with Crippen LogP contribution >= 0.6 is 0 Å². The lowest BCUT2D eigenvalue weighted by atomic mass is 10.1. The van der Waals surface area contributed by atoms with Gasteiger partial charge in [0.1, 0.15) is 5.78 Å². The molecule has 0 radical (unpaired) electrons. The molecule has 58 valence electrons. The summed E-state index contributed by atoms with van der Waals surface area (Å²) in [4.78, 5) is 10.8.